The molecule has 2 heterocycles. The van der Waals surface area contributed by atoms with Crippen molar-refractivity contribution in [2.24, 2.45) is 0 Å². The van der Waals surface area contributed by atoms with Crippen LogP contribution in [-0.4, -0.2) is 16.6 Å². The van der Waals surface area contributed by atoms with Gasteiger partial charge in [0.05, 0.1) is 10.2 Å². The first-order valence-electron chi connectivity index (χ1n) is 7.17. The second-order valence-corrected chi connectivity index (χ2v) is 6.47. The van der Waals surface area contributed by atoms with Crippen molar-refractivity contribution in [3.05, 3.63) is 51.1 Å². The van der Waals surface area contributed by atoms with E-state index in [4.69, 9.17) is 4.52 Å². The average molecular weight is 353 g/mol. The normalized spacial score (nSPS) is 19.3. The summed E-state index contributed by atoms with van der Waals surface area (Å²) in [4.78, 5) is 2.42. The molecule has 1 saturated heterocycles. The van der Waals surface area contributed by atoms with Crippen molar-refractivity contribution in [3.8, 4) is 0 Å². The maximum absolute atomic E-state index is 13.3. The minimum absolute atomic E-state index is 0.220. The van der Waals surface area contributed by atoms with Crippen molar-refractivity contribution < 1.29 is 8.91 Å². The number of nitrogens with zero attached hydrogens (tertiary/aromatic N) is 2. The molecule has 21 heavy (non-hydrogen) atoms. The first kappa shape index (κ1) is 14.7. The lowest BCUT2D eigenvalue weighted by molar-refractivity contribution is 0.245. The molecule has 1 aromatic heterocycles. The lowest BCUT2D eigenvalue weighted by Crippen LogP contribution is -2.23. The Labute approximate surface area is 132 Å². The van der Waals surface area contributed by atoms with Crippen LogP contribution in [0.15, 0.2) is 27.2 Å². The minimum atomic E-state index is -0.220. The zero-order valence-electron chi connectivity index (χ0n) is 12.2. The van der Waals surface area contributed by atoms with Crippen LogP contribution in [0.4, 0.5) is 4.39 Å². The van der Waals surface area contributed by atoms with Crippen LogP contribution < -0.4 is 0 Å². The summed E-state index contributed by atoms with van der Waals surface area (Å²) >= 11 is 3.25. The van der Waals surface area contributed by atoms with Crippen LogP contribution in [0.1, 0.15) is 41.5 Å². The first-order valence-corrected chi connectivity index (χ1v) is 7.96. The lowest BCUT2D eigenvalue weighted by Gasteiger charge is -2.24. The summed E-state index contributed by atoms with van der Waals surface area (Å²) in [5, 5.41) is 4.07. The Morgan fingerprint density at radius 1 is 1.43 bits per heavy atom. The van der Waals surface area contributed by atoms with E-state index < -0.39 is 0 Å². The second kappa shape index (κ2) is 5.89. The van der Waals surface area contributed by atoms with Gasteiger partial charge in [-0.1, -0.05) is 11.2 Å². The predicted molar refractivity (Wildman–Crippen MR) is 82.5 cm³/mol. The van der Waals surface area contributed by atoms with E-state index in [1.54, 1.807) is 0 Å². The molecule has 2 aromatic rings. The van der Waals surface area contributed by atoms with E-state index in [0.717, 1.165) is 42.9 Å². The van der Waals surface area contributed by atoms with Crippen LogP contribution in [0.3, 0.4) is 0 Å². The van der Waals surface area contributed by atoms with Gasteiger partial charge in [-0.2, -0.15) is 0 Å². The molecule has 3 rings (SSSR count). The highest BCUT2D eigenvalue weighted by Gasteiger charge is 2.30. The molecule has 0 N–H and O–H groups in total. The molecule has 0 radical (unpaired) electrons. The molecule has 0 aliphatic carbocycles. The Morgan fingerprint density at radius 2 is 2.24 bits per heavy atom. The molecule has 1 aromatic carbocycles. The van der Waals surface area contributed by atoms with Gasteiger partial charge in [0.1, 0.15) is 11.6 Å². The Balaban J connectivity index is 1.83. The zero-order valence-corrected chi connectivity index (χ0v) is 13.8. The van der Waals surface area contributed by atoms with Crippen molar-refractivity contribution in [1.82, 2.24) is 10.1 Å². The van der Waals surface area contributed by atoms with E-state index in [2.05, 4.69) is 26.0 Å². The van der Waals surface area contributed by atoms with Crippen LogP contribution in [0.2, 0.25) is 0 Å². The molecule has 0 spiro atoms. The van der Waals surface area contributed by atoms with Gasteiger partial charge < -0.3 is 4.52 Å². The Kier molecular flexibility index (Phi) is 4.13. The fourth-order valence-corrected chi connectivity index (χ4v) is 3.61. The standard InChI is InChI=1S/C16H18BrFN2O/c1-10-16(11(2)21-19-10)15-4-3-7-20(15)9-12-5-6-14(18)13(17)8-12/h5-6,8,15H,3-4,7,9H2,1-2H3/t15-/m0/s1. The summed E-state index contributed by atoms with van der Waals surface area (Å²) < 4.78 is 19.2. The fourth-order valence-electron chi connectivity index (χ4n) is 3.18. The van der Waals surface area contributed by atoms with E-state index in [9.17, 15) is 4.39 Å². The summed E-state index contributed by atoms with van der Waals surface area (Å²) in [5.74, 6) is 0.687. The molecule has 1 aliphatic rings. The van der Waals surface area contributed by atoms with E-state index >= 15 is 0 Å². The maximum atomic E-state index is 13.3. The van der Waals surface area contributed by atoms with Crippen molar-refractivity contribution in [3.63, 3.8) is 0 Å². The van der Waals surface area contributed by atoms with Gasteiger partial charge in [0.2, 0.25) is 0 Å². The van der Waals surface area contributed by atoms with Crippen molar-refractivity contribution in [2.75, 3.05) is 6.54 Å². The van der Waals surface area contributed by atoms with Crippen LogP contribution >= 0.6 is 15.9 Å². The zero-order chi connectivity index (χ0) is 15.0. The van der Waals surface area contributed by atoms with Crippen LogP contribution in [0, 0.1) is 19.7 Å². The molecule has 1 aliphatic heterocycles. The van der Waals surface area contributed by atoms with Gasteiger partial charge in [0.15, 0.2) is 0 Å². The van der Waals surface area contributed by atoms with E-state index in [0.29, 0.717) is 10.5 Å². The van der Waals surface area contributed by atoms with Gasteiger partial charge in [0, 0.05) is 18.2 Å². The quantitative estimate of drug-likeness (QED) is 0.812. The Hall–Kier alpha value is -1.20. The van der Waals surface area contributed by atoms with Gasteiger partial charge in [-0.3, -0.25) is 4.90 Å². The summed E-state index contributed by atoms with van der Waals surface area (Å²) in [6, 6.07) is 5.57. The Bertz CT molecular complexity index is 636. The summed E-state index contributed by atoms with van der Waals surface area (Å²) in [6.07, 6.45) is 2.28. The number of rotatable bonds is 3. The number of hydrogen-bond donors (Lipinski definition) is 0. The van der Waals surface area contributed by atoms with Gasteiger partial charge >= 0.3 is 0 Å². The number of aryl methyl sites for hydroxylation is 2. The molecule has 0 amide bonds. The topological polar surface area (TPSA) is 29.3 Å². The molecule has 0 saturated carbocycles. The molecule has 5 heteroatoms. The second-order valence-electron chi connectivity index (χ2n) is 5.61. The predicted octanol–water partition coefficient (Wildman–Crippen LogP) is 4.53. The van der Waals surface area contributed by atoms with Crippen LogP contribution in [-0.2, 0) is 6.54 Å². The van der Waals surface area contributed by atoms with Gasteiger partial charge in [0.25, 0.3) is 0 Å². The monoisotopic (exact) mass is 352 g/mol. The lowest BCUT2D eigenvalue weighted by atomic mass is 10.0. The number of hydrogen-bond acceptors (Lipinski definition) is 3. The van der Waals surface area contributed by atoms with Crippen molar-refractivity contribution in [1.29, 1.82) is 0 Å². The molecular formula is C16H18BrFN2O. The summed E-state index contributed by atoms with van der Waals surface area (Å²) in [6.45, 7) is 5.83. The van der Waals surface area contributed by atoms with Gasteiger partial charge in [-0.25, -0.2) is 4.39 Å². The van der Waals surface area contributed by atoms with Crippen molar-refractivity contribution in [2.45, 2.75) is 39.3 Å². The highest BCUT2D eigenvalue weighted by Crippen LogP contribution is 2.36. The molecule has 0 unspecified atom stereocenters. The molecule has 0 bridgehead atoms. The number of aromatic nitrogens is 1. The maximum Gasteiger partial charge on any atom is 0.138 e. The van der Waals surface area contributed by atoms with E-state index in [1.165, 1.54) is 11.6 Å². The summed E-state index contributed by atoms with van der Waals surface area (Å²) in [5.41, 5.74) is 3.31. The molecular weight excluding hydrogens is 335 g/mol. The molecule has 1 atom stereocenters. The number of benzene rings is 1. The third-order valence-electron chi connectivity index (χ3n) is 4.16. The summed E-state index contributed by atoms with van der Waals surface area (Å²) in [7, 11) is 0. The average Bonchev–Trinajstić information content (AvgIpc) is 3.01. The third-order valence-corrected chi connectivity index (χ3v) is 4.76. The van der Waals surface area contributed by atoms with Gasteiger partial charge in [-0.05, 0) is 66.9 Å². The largest absolute Gasteiger partial charge is 0.361 e. The smallest absolute Gasteiger partial charge is 0.138 e. The highest BCUT2D eigenvalue weighted by atomic mass is 79.9. The fraction of sp³-hybridized carbons (Fsp3) is 0.438. The van der Waals surface area contributed by atoms with Gasteiger partial charge in [-0.15, -0.1) is 0 Å². The molecule has 3 nitrogen and oxygen atoms in total. The van der Waals surface area contributed by atoms with E-state index in [-0.39, 0.29) is 5.82 Å². The van der Waals surface area contributed by atoms with Crippen molar-refractivity contribution >= 4 is 15.9 Å². The number of halogens is 2. The first-order chi connectivity index (χ1) is 10.1. The van der Waals surface area contributed by atoms with Crippen LogP contribution in [0.5, 0.6) is 0 Å². The van der Waals surface area contributed by atoms with Crippen LogP contribution in [0.25, 0.3) is 0 Å². The Morgan fingerprint density at radius 3 is 2.90 bits per heavy atom. The SMILES string of the molecule is Cc1noc(C)c1[C@@H]1CCCN1Cc1ccc(F)c(Br)c1. The van der Waals surface area contributed by atoms with E-state index in [1.807, 2.05) is 26.0 Å². The third kappa shape index (κ3) is 2.90. The highest BCUT2D eigenvalue weighted by molar-refractivity contribution is 9.10. The minimum Gasteiger partial charge on any atom is -0.361 e. The molecule has 1 fully saturated rings. The molecule has 112 valence electrons. The number of likely N-dealkylation sites (tertiary alicyclic amines) is 1.